The molecule has 9 aliphatic rings. The van der Waals surface area contributed by atoms with E-state index in [4.69, 9.17) is 33.2 Å². The first-order valence-electron chi connectivity index (χ1n) is 23.9. The summed E-state index contributed by atoms with van der Waals surface area (Å²) in [6.45, 7) is 14.7. The minimum Gasteiger partial charge on any atom is -0.396 e. The second kappa shape index (κ2) is 16.3. The van der Waals surface area contributed by atoms with Crippen LogP contribution in [0.3, 0.4) is 0 Å². The van der Waals surface area contributed by atoms with Gasteiger partial charge in [0, 0.05) is 22.2 Å². The Hall–Kier alpha value is -0.940. The van der Waals surface area contributed by atoms with Gasteiger partial charge in [-0.1, -0.05) is 53.7 Å². The summed E-state index contributed by atoms with van der Waals surface area (Å²) in [5, 5.41) is 110. The van der Waals surface area contributed by atoms with Gasteiger partial charge >= 0.3 is 0 Å². The lowest BCUT2D eigenvalue weighted by molar-refractivity contribution is -0.387. The molecule has 4 aliphatic heterocycles. The van der Waals surface area contributed by atoms with E-state index in [0.29, 0.717) is 19.4 Å². The number of allylic oxidation sites excluding steroid dienone is 1. The Morgan fingerprint density at radius 2 is 1.39 bits per heavy atom. The molecule has 4 heterocycles. The van der Waals surface area contributed by atoms with E-state index in [1.54, 1.807) is 6.92 Å². The fraction of sp³-hybridized carbons (Fsp3) is 0.957. The number of hydrogen-bond acceptors (Lipinski definition) is 17. The maximum absolute atomic E-state index is 12.2. The molecule has 0 aromatic rings. The predicted molar refractivity (Wildman–Crippen MR) is 223 cm³/mol. The quantitative estimate of drug-likeness (QED) is 0.116. The zero-order valence-corrected chi connectivity index (χ0v) is 38.4. The fourth-order valence-corrected chi connectivity index (χ4v) is 15.5. The van der Waals surface area contributed by atoms with Crippen molar-refractivity contribution in [3.63, 3.8) is 0 Å². The summed E-state index contributed by atoms with van der Waals surface area (Å²) >= 11 is 0. The van der Waals surface area contributed by atoms with E-state index >= 15 is 0 Å². The smallest absolute Gasteiger partial charge is 0.187 e. The Labute approximate surface area is 376 Å². The largest absolute Gasteiger partial charge is 0.396 e. The molecule has 8 fully saturated rings. The Morgan fingerprint density at radius 3 is 2.09 bits per heavy atom. The van der Waals surface area contributed by atoms with Gasteiger partial charge in [0.25, 0.3) is 0 Å². The number of hydrogen-bond donors (Lipinski definition) is 10. The van der Waals surface area contributed by atoms with Crippen LogP contribution >= 0.6 is 0 Å². The van der Waals surface area contributed by atoms with Gasteiger partial charge in [-0.25, -0.2) is 0 Å². The SMILES string of the molecule is C[C@H]1O[C@@H](O[C@H]2CC[C@@]3(C)[C@@H](CC[C@]4(C)[C@@H]3C=C[C@]35OC[C@@]6(CCC(C)(C)C[C@H]63)[C@@H](O)C[C@]54C)[C@]2(C)CO)[C@H](O)[C@@H](O[C@@H]2O[C@H](CO)[C@@H](O)[C@H](O)[C@H]2O[C@@H]2OC[C@@H](O)[C@H](O)[C@H]2O)[C@H]1O. The van der Waals surface area contributed by atoms with Crippen LogP contribution < -0.4 is 0 Å². The van der Waals surface area contributed by atoms with Crippen molar-refractivity contribution in [3.8, 4) is 0 Å². The standard InChI is InChI=1S/C47H76O17/c1-22-30(52)36(63-40-37(33(55)32(54)24(18-48)61-40)64-38-34(56)31(53)23(50)19-58-38)35(57)39(60-22)62-29-10-11-42(4)25(43(29,5)20-49)8-12-44(6)26(42)9-13-47-27-16-41(2,3)14-15-46(27,21-59-47)28(51)17-45(44,47)7/h9,13,22-40,48-57H,8,10-12,14-21H2,1-7H3/t22-,23-,24-,25-,26-,27-,28+,29+,30+,31+,32-,33+,34-,35-,36+,37-,38+,39+,40+,42+,43+,44-,45+,46-,47+/m1/s1. The van der Waals surface area contributed by atoms with Crippen LogP contribution in [0.1, 0.15) is 99.8 Å². The molecular weight excluding hydrogens is 837 g/mol. The lowest BCUT2D eigenvalue weighted by Gasteiger charge is -2.73. The average molecular weight is 913 g/mol. The zero-order chi connectivity index (χ0) is 46.3. The van der Waals surface area contributed by atoms with E-state index in [1.165, 1.54) is 0 Å². The van der Waals surface area contributed by atoms with Gasteiger partial charge in [-0.3, -0.25) is 0 Å². The van der Waals surface area contributed by atoms with Crippen molar-refractivity contribution in [2.75, 3.05) is 26.4 Å². The molecule has 9 rings (SSSR count). The Morgan fingerprint density at radius 1 is 0.672 bits per heavy atom. The summed E-state index contributed by atoms with van der Waals surface area (Å²) in [5.41, 5.74) is -2.19. The normalized spacial score (nSPS) is 59.0. The molecule has 2 bridgehead atoms. The number of fused-ring (bicyclic) bond motifs is 4. The van der Waals surface area contributed by atoms with Crippen molar-refractivity contribution in [2.24, 2.45) is 50.2 Å². The predicted octanol–water partition coefficient (Wildman–Crippen LogP) is 0.240. The van der Waals surface area contributed by atoms with E-state index < -0.39 is 122 Å². The van der Waals surface area contributed by atoms with Gasteiger partial charge in [-0.15, -0.1) is 0 Å². The maximum Gasteiger partial charge on any atom is 0.187 e. The molecule has 4 saturated carbocycles. The molecule has 4 saturated heterocycles. The lowest BCUT2D eigenvalue weighted by Crippen LogP contribution is -2.72. The van der Waals surface area contributed by atoms with Crippen LogP contribution in [0.5, 0.6) is 0 Å². The molecular formula is C47H76O17. The summed E-state index contributed by atoms with van der Waals surface area (Å²) < 4.78 is 43.2. The van der Waals surface area contributed by atoms with E-state index in [0.717, 1.165) is 38.5 Å². The molecule has 1 spiro atoms. The van der Waals surface area contributed by atoms with Gasteiger partial charge < -0.3 is 84.2 Å². The molecule has 366 valence electrons. The van der Waals surface area contributed by atoms with E-state index in [2.05, 4.69) is 46.8 Å². The van der Waals surface area contributed by atoms with Gasteiger partial charge in [-0.05, 0) is 86.4 Å². The van der Waals surface area contributed by atoms with Crippen LogP contribution in [0.15, 0.2) is 12.2 Å². The minimum absolute atomic E-state index is 0.0144. The third-order valence-corrected chi connectivity index (χ3v) is 19.6. The molecule has 64 heavy (non-hydrogen) atoms. The summed E-state index contributed by atoms with van der Waals surface area (Å²) in [5.74, 6) is 0.319. The molecule has 17 nitrogen and oxygen atoms in total. The van der Waals surface area contributed by atoms with Crippen molar-refractivity contribution in [1.82, 2.24) is 0 Å². The van der Waals surface area contributed by atoms with E-state index in [1.807, 2.05) is 6.92 Å². The van der Waals surface area contributed by atoms with Crippen molar-refractivity contribution < 1.29 is 84.2 Å². The third-order valence-electron chi connectivity index (χ3n) is 19.6. The summed E-state index contributed by atoms with van der Waals surface area (Å²) in [6.07, 6.45) is -11.2. The first kappa shape index (κ1) is 48.1. The Bertz CT molecular complexity index is 1750. The highest BCUT2D eigenvalue weighted by molar-refractivity contribution is 5.36. The lowest BCUT2D eigenvalue weighted by atomic mass is 9.32. The molecule has 5 aliphatic carbocycles. The van der Waals surface area contributed by atoms with Crippen molar-refractivity contribution in [2.45, 2.75) is 204 Å². The van der Waals surface area contributed by atoms with Crippen LogP contribution in [0, 0.1) is 50.2 Å². The van der Waals surface area contributed by atoms with Crippen LogP contribution in [0.2, 0.25) is 0 Å². The van der Waals surface area contributed by atoms with Crippen molar-refractivity contribution in [1.29, 1.82) is 0 Å². The molecule has 17 heteroatoms. The zero-order valence-electron chi connectivity index (χ0n) is 38.4. The maximum atomic E-state index is 12.2. The van der Waals surface area contributed by atoms with Crippen molar-refractivity contribution in [3.05, 3.63) is 12.2 Å². The van der Waals surface area contributed by atoms with Crippen LogP contribution in [0.25, 0.3) is 0 Å². The van der Waals surface area contributed by atoms with Gasteiger partial charge in [0.2, 0.25) is 0 Å². The molecule has 0 amide bonds. The molecule has 0 radical (unpaired) electrons. The summed E-state index contributed by atoms with van der Waals surface area (Å²) in [6, 6.07) is 0. The first-order valence-corrected chi connectivity index (χ1v) is 23.9. The van der Waals surface area contributed by atoms with Crippen molar-refractivity contribution >= 4 is 0 Å². The Kier molecular flexibility index (Phi) is 12.3. The second-order valence-corrected chi connectivity index (χ2v) is 23.3. The number of aliphatic hydroxyl groups excluding tert-OH is 10. The minimum atomic E-state index is -1.80. The van der Waals surface area contributed by atoms with E-state index in [9.17, 15) is 51.1 Å². The van der Waals surface area contributed by atoms with Crippen LogP contribution in [0.4, 0.5) is 0 Å². The van der Waals surface area contributed by atoms with Gasteiger partial charge in [0.05, 0.1) is 50.3 Å². The first-order chi connectivity index (χ1) is 30.0. The third kappa shape index (κ3) is 6.72. The number of ether oxygens (including phenoxy) is 7. The van der Waals surface area contributed by atoms with Crippen LogP contribution in [-0.2, 0) is 33.2 Å². The highest BCUT2D eigenvalue weighted by atomic mass is 16.8. The second-order valence-electron chi connectivity index (χ2n) is 23.3. The monoisotopic (exact) mass is 913 g/mol. The molecule has 0 aromatic carbocycles. The summed E-state index contributed by atoms with van der Waals surface area (Å²) in [7, 11) is 0. The van der Waals surface area contributed by atoms with Crippen LogP contribution in [-0.4, -0.2) is 181 Å². The average Bonchev–Trinajstić information content (AvgIpc) is 3.52. The molecule has 10 N–H and O–H groups in total. The van der Waals surface area contributed by atoms with Gasteiger partial charge in [0.1, 0.15) is 61.0 Å². The van der Waals surface area contributed by atoms with Gasteiger partial charge in [0.15, 0.2) is 18.9 Å². The molecule has 0 unspecified atom stereocenters. The number of rotatable bonds is 8. The molecule has 0 aromatic heterocycles. The highest BCUT2D eigenvalue weighted by Crippen LogP contribution is 2.79. The number of aliphatic hydroxyl groups is 10. The summed E-state index contributed by atoms with van der Waals surface area (Å²) in [4.78, 5) is 0. The fourth-order valence-electron chi connectivity index (χ4n) is 15.5. The molecule has 25 atom stereocenters. The van der Waals surface area contributed by atoms with Gasteiger partial charge in [-0.2, -0.15) is 0 Å². The highest BCUT2D eigenvalue weighted by Gasteiger charge is 2.79. The topological polar surface area (TPSA) is 267 Å². The Balaban J connectivity index is 0.954. The van der Waals surface area contributed by atoms with E-state index in [-0.39, 0.29) is 51.4 Å².